The van der Waals surface area contributed by atoms with E-state index in [4.69, 9.17) is 11.6 Å². The van der Waals surface area contributed by atoms with Crippen LogP contribution in [0.25, 0.3) is 10.9 Å². The molecule has 0 aliphatic rings. The minimum Gasteiger partial charge on any atom is -0.493 e. The molecule has 3 aromatic rings. The van der Waals surface area contributed by atoms with Crippen molar-refractivity contribution in [1.82, 2.24) is 4.98 Å². The smallest absolute Gasteiger partial charge is 0.218 e. The normalized spacial score (nSPS) is 11.4. The van der Waals surface area contributed by atoms with Gasteiger partial charge in [0.1, 0.15) is 0 Å². The molecule has 4 nitrogen and oxygen atoms in total. The van der Waals surface area contributed by atoms with Gasteiger partial charge in [0.25, 0.3) is 0 Å². The summed E-state index contributed by atoms with van der Waals surface area (Å²) in [5.74, 6) is -0.0391. The van der Waals surface area contributed by atoms with Gasteiger partial charge < -0.3 is 10.1 Å². The molecule has 5 heteroatoms. The summed E-state index contributed by atoms with van der Waals surface area (Å²) in [5.41, 5.74) is 1.79. The monoisotopic (exact) mass is 271 g/mol. The number of aromatic amines is 1. The summed E-state index contributed by atoms with van der Waals surface area (Å²) < 4.78 is 0. The minimum atomic E-state index is -0.0391. The Morgan fingerprint density at radius 3 is 2.53 bits per heavy atom. The SMILES string of the molecule is Oc1[nH]c2cccc(Cl)c2c1N=Nc1ccccc1. The highest BCUT2D eigenvalue weighted by molar-refractivity contribution is 6.36. The third-order valence-corrected chi connectivity index (χ3v) is 3.06. The lowest BCUT2D eigenvalue weighted by Crippen LogP contribution is -1.68. The Labute approximate surface area is 114 Å². The van der Waals surface area contributed by atoms with Gasteiger partial charge in [-0.15, -0.1) is 5.11 Å². The van der Waals surface area contributed by atoms with Crippen LogP contribution in [0.2, 0.25) is 5.02 Å². The molecule has 94 valence electrons. The van der Waals surface area contributed by atoms with Crippen molar-refractivity contribution in [2.45, 2.75) is 0 Å². The zero-order chi connectivity index (χ0) is 13.2. The Hall–Kier alpha value is -2.33. The number of fused-ring (bicyclic) bond motifs is 1. The van der Waals surface area contributed by atoms with Crippen molar-refractivity contribution >= 4 is 33.9 Å². The highest BCUT2D eigenvalue weighted by Crippen LogP contribution is 2.39. The number of hydrogen-bond donors (Lipinski definition) is 2. The van der Waals surface area contributed by atoms with Gasteiger partial charge in [0.15, 0.2) is 5.69 Å². The molecule has 3 rings (SSSR count). The average molecular weight is 272 g/mol. The van der Waals surface area contributed by atoms with Crippen LogP contribution in [0.5, 0.6) is 5.88 Å². The fourth-order valence-corrected chi connectivity index (χ4v) is 2.14. The number of hydrogen-bond acceptors (Lipinski definition) is 3. The van der Waals surface area contributed by atoms with Gasteiger partial charge in [-0.25, -0.2) is 0 Å². The summed E-state index contributed by atoms with van der Waals surface area (Å²) in [7, 11) is 0. The zero-order valence-corrected chi connectivity index (χ0v) is 10.6. The maximum Gasteiger partial charge on any atom is 0.218 e. The van der Waals surface area contributed by atoms with Crippen LogP contribution in [-0.2, 0) is 0 Å². The molecular weight excluding hydrogens is 262 g/mol. The second kappa shape index (κ2) is 4.74. The molecule has 0 aliphatic carbocycles. The van der Waals surface area contributed by atoms with Crippen molar-refractivity contribution in [3.8, 4) is 5.88 Å². The predicted molar refractivity (Wildman–Crippen MR) is 75.6 cm³/mol. The van der Waals surface area contributed by atoms with E-state index in [1.54, 1.807) is 12.1 Å². The number of H-pyrrole nitrogens is 1. The quantitative estimate of drug-likeness (QED) is 0.637. The van der Waals surface area contributed by atoms with E-state index >= 15 is 0 Å². The van der Waals surface area contributed by atoms with Gasteiger partial charge in [-0.3, -0.25) is 0 Å². The second-order valence-corrected chi connectivity index (χ2v) is 4.43. The topological polar surface area (TPSA) is 60.7 Å². The summed E-state index contributed by atoms with van der Waals surface area (Å²) in [5, 5.41) is 19.2. The summed E-state index contributed by atoms with van der Waals surface area (Å²) in [6.45, 7) is 0. The minimum absolute atomic E-state index is 0.0391. The van der Waals surface area contributed by atoms with Crippen LogP contribution >= 0.6 is 11.6 Å². The summed E-state index contributed by atoms with van der Waals surface area (Å²) in [6.07, 6.45) is 0. The number of halogens is 1. The lowest BCUT2D eigenvalue weighted by molar-refractivity contribution is 0.459. The van der Waals surface area contributed by atoms with E-state index in [0.29, 0.717) is 21.8 Å². The van der Waals surface area contributed by atoms with Crippen molar-refractivity contribution in [2.24, 2.45) is 10.2 Å². The first-order valence-electron chi connectivity index (χ1n) is 5.71. The van der Waals surface area contributed by atoms with E-state index in [9.17, 15) is 5.11 Å². The van der Waals surface area contributed by atoms with Crippen LogP contribution in [0.3, 0.4) is 0 Å². The molecule has 0 fully saturated rings. The Bertz CT molecular complexity index is 750. The Morgan fingerprint density at radius 1 is 0.947 bits per heavy atom. The lowest BCUT2D eigenvalue weighted by Gasteiger charge is -1.95. The molecule has 0 saturated carbocycles. The first kappa shape index (κ1) is 11.7. The highest BCUT2D eigenvalue weighted by atomic mass is 35.5. The van der Waals surface area contributed by atoms with Gasteiger partial charge >= 0.3 is 0 Å². The van der Waals surface area contributed by atoms with Crippen LogP contribution in [0.15, 0.2) is 58.8 Å². The van der Waals surface area contributed by atoms with Crippen LogP contribution < -0.4 is 0 Å². The van der Waals surface area contributed by atoms with E-state index in [0.717, 1.165) is 5.52 Å². The predicted octanol–water partition coefficient (Wildman–Crippen LogP) is 4.94. The molecule has 0 spiro atoms. The van der Waals surface area contributed by atoms with Crippen molar-refractivity contribution in [3.63, 3.8) is 0 Å². The van der Waals surface area contributed by atoms with Gasteiger partial charge in [0.05, 0.1) is 16.2 Å². The standard InChI is InChI=1S/C14H10ClN3O/c15-10-7-4-8-11-12(10)13(14(19)16-11)18-17-9-5-2-1-3-6-9/h1-8,16,19H. The third-order valence-electron chi connectivity index (χ3n) is 2.75. The molecule has 1 heterocycles. The molecule has 0 atom stereocenters. The molecule has 1 aromatic heterocycles. The molecule has 0 radical (unpaired) electrons. The fourth-order valence-electron chi connectivity index (χ4n) is 1.87. The van der Waals surface area contributed by atoms with Gasteiger partial charge in [-0.2, -0.15) is 5.11 Å². The zero-order valence-electron chi connectivity index (χ0n) is 9.84. The number of rotatable bonds is 2. The molecular formula is C14H10ClN3O. The van der Waals surface area contributed by atoms with E-state index in [2.05, 4.69) is 15.2 Å². The maximum atomic E-state index is 9.87. The highest BCUT2D eigenvalue weighted by Gasteiger charge is 2.12. The average Bonchev–Trinajstić information content (AvgIpc) is 2.75. The van der Waals surface area contributed by atoms with Crippen molar-refractivity contribution in [2.75, 3.05) is 0 Å². The first-order valence-corrected chi connectivity index (χ1v) is 6.09. The maximum absolute atomic E-state index is 9.87. The number of nitrogens with zero attached hydrogens (tertiary/aromatic N) is 2. The molecule has 0 amide bonds. The van der Waals surface area contributed by atoms with Crippen molar-refractivity contribution in [3.05, 3.63) is 53.6 Å². The largest absolute Gasteiger partial charge is 0.493 e. The third kappa shape index (κ3) is 2.18. The molecule has 19 heavy (non-hydrogen) atoms. The van der Waals surface area contributed by atoms with E-state index in [1.165, 1.54) is 0 Å². The van der Waals surface area contributed by atoms with Gasteiger partial charge in [-0.05, 0) is 24.3 Å². The molecule has 2 aromatic carbocycles. The van der Waals surface area contributed by atoms with Gasteiger partial charge in [-0.1, -0.05) is 35.9 Å². The summed E-state index contributed by atoms with van der Waals surface area (Å²) in [6, 6.07) is 14.7. The van der Waals surface area contributed by atoms with Crippen molar-refractivity contribution < 1.29 is 5.11 Å². The number of aromatic hydroxyl groups is 1. The molecule has 0 aliphatic heterocycles. The molecule has 0 saturated heterocycles. The van der Waals surface area contributed by atoms with Gasteiger partial charge in [0, 0.05) is 5.39 Å². The van der Waals surface area contributed by atoms with Crippen molar-refractivity contribution in [1.29, 1.82) is 0 Å². The first-order chi connectivity index (χ1) is 9.25. The molecule has 2 N–H and O–H groups in total. The molecule has 0 bridgehead atoms. The Morgan fingerprint density at radius 2 is 1.74 bits per heavy atom. The van der Waals surface area contributed by atoms with E-state index in [-0.39, 0.29) is 5.88 Å². The second-order valence-electron chi connectivity index (χ2n) is 4.02. The Balaban J connectivity index is 2.11. The molecule has 0 unspecified atom stereocenters. The van der Waals surface area contributed by atoms with Crippen LogP contribution in [0.4, 0.5) is 11.4 Å². The van der Waals surface area contributed by atoms with E-state index < -0.39 is 0 Å². The number of azo groups is 1. The summed E-state index contributed by atoms with van der Waals surface area (Å²) >= 11 is 6.12. The number of aromatic nitrogens is 1. The van der Waals surface area contributed by atoms with Gasteiger partial charge in [0.2, 0.25) is 5.88 Å². The number of nitrogens with one attached hydrogen (secondary N) is 1. The fraction of sp³-hybridized carbons (Fsp3) is 0. The number of benzene rings is 2. The van der Waals surface area contributed by atoms with Crippen LogP contribution in [-0.4, -0.2) is 10.1 Å². The Kier molecular flexibility index (Phi) is 2.93. The van der Waals surface area contributed by atoms with Crippen LogP contribution in [0, 0.1) is 0 Å². The van der Waals surface area contributed by atoms with E-state index in [1.807, 2.05) is 36.4 Å². The summed E-state index contributed by atoms with van der Waals surface area (Å²) in [4.78, 5) is 2.82. The van der Waals surface area contributed by atoms with Crippen LogP contribution in [0.1, 0.15) is 0 Å². The lowest BCUT2D eigenvalue weighted by atomic mass is 10.2.